The second-order valence-electron chi connectivity index (χ2n) is 8.92. The molecule has 132 valence electrons. The number of aromatic nitrogens is 2. The van der Waals surface area contributed by atoms with Crippen molar-refractivity contribution in [2.24, 2.45) is 23.2 Å². The van der Waals surface area contributed by atoms with Crippen LogP contribution < -0.4 is 0 Å². The van der Waals surface area contributed by atoms with E-state index >= 15 is 0 Å². The Bertz CT molecular complexity index is 598. The Kier molecular flexibility index (Phi) is 3.97. The molecule has 4 fully saturated rings. The number of carbonyl (C=O) groups is 1. The molecular formula is C20H31N3O. The van der Waals surface area contributed by atoms with Crippen molar-refractivity contribution in [3.63, 3.8) is 0 Å². The van der Waals surface area contributed by atoms with Crippen LogP contribution in [0.4, 0.5) is 0 Å². The van der Waals surface area contributed by atoms with Crippen molar-refractivity contribution in [1.29, 1.82) is 0 Å². The summed E-state index contributed by atoms with van der Waals surface area (Å²) in [5, 5.41) is 4.41. The van der Waals surface area contributed by atoms with Gasteiger partial charge in [0.2, 0.25) is 5.91 Å². The Morgan fingerprint density at radius 2 is 1.83 bits per heavy atom. The van der Waals surface area contributed by atoms with E-state index < -0.39 is 0 Å². The Labute approximate surface area is 145 Å². The SMILES string of the molecule is CCn1ncc(CN(C)C(=O)CC23CC4CC(CC(C4)C2)C3)c1C. The first-order chi connectivity index (χ1) is 11.5. The summed E-state index contributed by atoms with van der Waals surface area (Å²) in [6, 6.07) is 0. The second kappa shape index (κ2) is 5.89. The van der Waals surface area contributed by atoms with Crippen LogP contribution >= 0.6 is 0 Å². The zero-order valence-electron chi connectivity index (χ0n) is 15.4. The minimum atomic E-state index is 0.334. The highest BCUT2D eigenvalue weighted by Gasteiger charge is 2.51. The van der Waals surface area contributed by atoms with Gasteiger partial charge in [0.1, 0.15) is 0 Å². The summed E-state index contributed by atoms with van der Waals surface area (Å²) in [6.45, 7) is 5.78. The Morgan fingerprint density at radius 3 is 2.33 bits per heavy atom. The lowest BCUT2D eigenvalue weighted by Crippen LogP contribution is -2.48. The molecule has 0 N–H and O–H groups in total. The van der Waals surface area contributed by atoms with Crippen LogP contribution in [-0.2, 0) is 17.9 Å². The fourth-order valence-corrected chi connectivity index (χ4v) is 6.27. The molecule has 4 saturated carbocycles. The van der Waals surface area contributed by atoms with Crippen molar-refractivity contribution < 1.29 is 4.79 Å². The Hall–Kier alpha value is -1.32. The Balaban J connectivity index is 1.41. The first kappa shape index (κ1) is 16.2. The van der Waals surface area contributed by atoms with Crippen molar-refractivity contribution in [2.45, 2.75) is 71.9 Å². The van der Waals surface area contributed by atoms with Gasteiger partial charge in [-0.25, -0.2) is 0 Å². The molecule has 1 aromatic heterocycles. The van der Waals surface area contributed by atoms with Crippen LogP contribution in [0.3, 0.4) is 0 Å². The Morgan fingerprint density at radius 1 is 1.25 bits per heavy atom. The fourth-order valence-electron chi connectivity index (χ4n) is 6.27. The van der Waals surface area contributed by atoms with Crippen molar-refractivity contribution in [3.05, 3.63) is 17.5 Å². The molecular weight excluding hydrogens is 298 g/mol. The predicted molar refractivity (Wildman–Crippen MR) is 94.3 cm³/mol. The molecule has 4 aliphatic carbocycles. The van der Waals surface area contributed by atoms with Crippen molar-refractivity contribution in [1.82, 2.24) is 14.7 Å². The van der Waals surface area contributed by atoms with Gasteiger partial charge < -0.3 is 4.90 Å². The summed E-state index contributed by atoms with van der Waals surface area (Å²) in [7, 11) is 1.96. The molecule has 0 unspecified atom stereocenters. The molecule has 4 bridgehead atoms. The predicted octanol–water partition coefficient (Wildman–Crippen LogP) is 3.78. The summed E-state index contributed by atoms with van der Waals surface area (Å²) >= 11 is 0. The maximum Gasteiger partial charge on any atom is 0.223 e. The zero-order valence-corrected chi connectivity index (χ0v) is 15.4. The number of amides is 1. The molecule has 4 heteroatoms. The average molecular weight is 329 g/mol. The van der Waals surface area contributed by atoms with Crippen LogP contribution in [0.2, 0.25) is 0 Å². The number of hydrogen-bond acceptors (Lipinski definition) is 2. The van der Waals surface area contributed by atoms with Gasteiger partial charge in [0.15, 0.2) is 0 Å². The third-order valence-corrected chi connectivity index (χ3v) is 7.03. The molecule has 1 aromatic rings. The molecule has 0 radical (unpaired) electrons. The van der Waals surface area contributed by atoms with Crippen LogP contribution in [0, 0.1) is 30.1 Å². The molecule has 5 rings (SSSR count). The number of rotatable bonds is 5. The molecule has 0 aliphatic heterocycles. The van der Waals surface area contributed by atoms with Gasteiger partial charge in [0, 0.05) is 37.8 Å². The first-order valence-corrected chi connectivity index (χ1v) is 9.73. The van der Waals surface area contributed by atoms with Crippen molar-refractivity contribution >= 4 is 5.91 Å². The molecule has 0 atom stereocenters. The molecule has 4 nitrogen and oxygen atoms in total. The van der Waals surface area contributed by atoms with Crippen LogP contribution in [0.25, 0.3) is 0 Å². The molecule has 1 amide bonds. The highest BCUT2D eigenvalue weighted by atomic mass is 16.2. The maximum absolute atomic E-state index is 12.9. The highest BCUT2D eigenvalue weighted by molar-refractivity contribution is 5.76. The smallest absolute Gasteiger partial charge is 0.223 e. The molecule has 24 heavy (non-hydrogen) atoms. The summed E-state index contributed by atoms with van der Waals surface area (Å²) in [4.78, 5) is 14.9. The fraction of sp³-hybridized carbons (Fsp3) is 0.800. The van der Waals surface area contributed by atoms with Gasteiger partial charge in [-0.3, -0.25) is 9.48 Å². The lowest BCUT2D eigenvalue weighted by Gasteiger charge is -2.56. The molecule has 0 aromatic carbocycles. The molecule has 0 saturated heterocycles. The second-order valence-corrected chi connectivity index (χ2v) is 8.92. The van der Waals surface area contributed by atoms with E-state index in [-0.39, 0.29) is 0 Å². The van der Waals surface area contributed by atoms with Crippen LogP contribution in [0.5, 0.6) is 0 Å². The topological polar surface area (TPSA) is 38.1 Å². The van der Waals surface area contributed by atoms with E-state index in [1.807, 2.05) is 22.8 Å². The van der Waals surface area contributed by atoms with E-state index in [4.69, 9.17) is 0 Å². The summed E-state index contributed by atoms with van der Waals surface area (Å²) < 4.78 is 2.01. The largest absolute Gasteiger partial charge is 0.341 e. The van der Waals surface area contributed by atoms with Crippen LogP contribution in [-0.4, -0.2) is 27.6 Å². The van der Waals surface area contributed by atoms with Crippen LogP contribution in [0.15, 0.2) is 6.20 Å². The van der Waals surface area contributed by atoms with Gasteiger partial charge in [-0.1, -0.05) is 0 Å². The van der Waals surface area contributed by atoms with Gasteiger partial charge in [-0.15, -0.1) is 0 Å². The average Bonchev–Trinajstić information content (AvgIpc) is 2.85. The highest BCUT2D eigenvalue weighted by Crippen LogP contribution is 2.61. The summed E-state index contributed by atoms with van der Waals surface area (Å²) in [6.07, 6.45) is 11.0. The molecule has 1 heterocycles. The van der Waals surface area contributed by atoms with E-state index in [0.717, 1.165) is 30.7 Å². The molecule has 4 aliphatic rings. The number of aryl methyl sites for hydroxylation is 1. The third-order valence-electron chi connectivity index (χ3n) is 7.03. The number of hydrogen-bond donors (Lipinski definition) is 0. The van der Waals surface area contributed by atoms with Gasteiger partial charge in [-0.05, 0) is 75.5 Å². The lowest BCUT2D eigenvalue weighted by atomic mass is 9.49. The van der Waals surface area contributed by atoms with E-state index in [1.165, 1.54) is 49.8 Å². The van der Waals surface area contributed by atoms with Gasteiger partial charge in [0.25, 0.3) is 0 Å². The van der Waals surface area contributed by atoms with Gasteiger partial charge in [-0.2, -0.15) is 5.10 Å². The lowest BCUT2D eigenvalue weighted by molar-refractivity contribution is -0.138. The van der Waals surface area contributed by atoms with Crippen LogP contribution in [0.1, 0.15) is 63.1 Å². The van der Waals surface area contributed by atoms with Crippen molar-refractivity contribution in [3.8, 4) is 0 Å². The first-order valence-electron chi connectivity index (χ1n) is 9.73. The molecule has 0 spiro atoms. The number of carbonyl (C=O) groups excluding carboxylic acids is 1. The van der Waals surface area contributed by atoms with Crippen molar-refractivity contribution in [2.75, 3.05) is 7.05 Å². The standard InChI is InChI=1S/C20H31N3O/c1-4-23-14(2)18(12-21-23)13-22(3)19(24)11-20-8-15-5-16(9-20)7-17(6-15)10-20/h12,15-17H,4-11,13H2,1-3H3. The maximum atomic E-state index is 12.9. The normalized spacial score (nSPS) is 33.9. The number of nitrogens with zero attached hydrogens (tertiary/aromatic N) is 3. The van der Waals surface area contributed by atoms with E-state index in [9.17, 15) is 4.79 Å². The summed E-state index contributed by atoms with van der Waals surface area (Å²) in [5.41, 5.74) is 2.70. The van der Waals surface area contributed by atoms with E-state index in [2.05, 4.69) is 18.9 Å². The van der Waals surface area contributed by atoms with Gasteiger partial charge in [0.05, 0.1) is 6.20 Å². The minimum absolute atomic E-state index is 0.334. The van der Waals surface area contributed by atoms with Gasteiger partial charge >= 0.3 is 0 Å². The third kappa shape index (κ3) is 2.78. The minimum Gasteiger partial charge on any atom is -0.341 e. The van der Waals surface area contributed by atoms with E-state index in [1.54, 1.807) is 0 Å². The zero-order chi connectivity index (χ0) is 16.9. The van der Waals surface area contributed by atoms with E-state index in [0.29, 0.717) is 17.9 Å². The quantitative estimate of drug-likeness (QED) is 0.824. The monoisotopic (exact) mass is 329 g/mol. The summed E-state index contributed by atoms with van der Waals surface area (Å²) in [5.74, 6) is 3.08.